The van der Waals surface area contributed by atoms with E-state index >= 15 is 0 Å². The largest absolute Gasteiger partial charge is 0.337 e. The van der Waals surface area contributed by atoms with Crippen molar-refractivity contribution in [2.24, 2.45) is 0 Å². The van der Waals surface area contributed by atoms with Crippen LogP contribution in [0.4, 0.5) is 0 Å². The summed E-state index contributed by atoms with van der Waals surface area (Å²) in [6, 6.07) is 4.15. The maximum Gasteiger partial charge on any atom is 0.255 e. The van der Waals surface area contributed by atoms with Crippen LogP contribution in [0.25, 0.3) is 0 Å². The molecule has 140 valence electrons. The summed E-state index contributed by atoms with van der Waals surface area (Å²) in [4.78, 5) is 16.9. The minimum atomic E-state index is -3.66. The Balaban J connectivity index is 2.34. The number of benzene rings is 1. The minimum absolute atomic E-state index is 0.0865. The van der Waals surface area contributed by atoms with E-state index in [1.807, 2.05) is 7.05 Å². The lowest BCUT2D eigenvalue weighted by atomic mass is 10.2. The predicted octanol–water partition coefficient (Wildman–Crippen LogP) is 2.15. The molecule has 1 fully saturated rings. The molecule has 1 aliphatic rings. The third-order valence-electron chi connectivity index (χ3n) is 4.58. The maximum absolute atomic E-state index is 12.9. The number of rotatable bonds is 4. The van der Waals surface area contributed by atoms with E-state index in [2.05, 4.69) is 4.90 Å². The van der Waals surface area contributed by atoms with Crippen LogP contribution in [-0.4, -0.2) is 74.7 Å². The average Bonchev–Trinajstić information content (AvgIpc) is 2.78. The number of nitrogens with zero attached hydrogens (tertiary/aromatic N) is 3. The Hall–Kier alpha value is -1.15. The molecular formula is C17H26ClN3O3S. The molecule has 2 rings (SSSR count). The van der Waals surface area contributed by atoms with Crippen LogP contribution in [0.1, 0.15) is 30.6 Å². The van der Waals surface area contributed by atoms with Gasteiger partial charge < -0.3 is 9.80 Å². The van der Waals surface area contributed by atoms with Gasteiger partial charge in [-0.15, -0.1) is 0 Å². The summed E-state index contributed by atoms with van der Waals surface area (Å²) >= 11 is 6.21. The molecule has 0 radical (unpaired) electrons. The van der Waals surface area contributed by atoms with E-state index in [4.69, 9.17) is 11.6 Å². The van der Waals surface area contributed by atoms with Gasteiger partial charge in [-0.25, -0.2) is 8.42 Å². The van der Waals surface area contributed by atoms with Gasteiger partial charge in [-0.2, -0.15) is 4.31 Å². The molecule has 0 unspecified atom stereocenters. The smallest absolute Gasteiger partial charge is 0.255 e. The Kier molecular flexibility index (Phi) is 6.48. The van der Waals surface area contributed by atoms with Crippen molar-refractivity contribution in [3.63, 3.8) is 0 Å². The second kappa shape index (κ2) is 8.03. The first-order valence-corrected chi connectivity index (χ1v) is 10.2. The van der Waals surface area contributed by atoms with Gasteiger partial charge in [-0.1, -0.05) is 11.6 Å². The van der Waals surface area contributed by atoms with Gasteiger partial charge in [-0.3, -0.25) is 4.79 Å². The van der Waals surface area contributed by atoms with Crippen molar-refractivity contribution < 1.29 is 13.2 Å². The minimum Gasteiger partial charge on any atom is -0.337 e. The van der Waals surface area contributed by atoms with Crippen molar-refractivity contribution in [2.45, 2.75) is 31.2 Å². The van der Waals surface area contributed by atoms with Crippen molar-refractivity contribution in [1.82, 2.24) is 14.1 Å². The summed E-state index contributed by atoms with van der Waals surface area (Å²) in [6.07, 6.45) is 0.883. The van der Waals surface area contributed by atoms with Crippen molar-refractivity contribution in [2.75, 3.05) is 40.3 Å². The number of carbonyl (C=O) groups excluding carboxylic acids is 1. The highest BCUT2D eigenvalue weighted by Crippen LogP contribution is 2.25. The molecule has 1 saturated heterocycles. The number of likely N-dealkylation sites (N-methyl/N-ethyl adjacent to an activating group) is 1. The molecular weight excluding hydrogens is 362 g/mol. The normalized spacial score (nSPS) is 17.2. The van der Waals surface area contributed by atoms with Crippen LogP contribution in [-0.2, 0) is 10.0 Å². The molecule has 0 atom stereocenters. The number of amides is 1. The second-order valence-corrected chi connectivity index (χ2v) is 9.11. The lowest BCUT2D eigenvalue weighted by Gasteiger charge is -2.23. The number of carbonyl (C=O) groups is 1. The summed E-state index contributed by atoms with van der Waals surface area (Å²) in [5, 5.41) is 0.272. The molecule has 8 heteroatoms. The zero-order chi connectivity index (χ0) is 18.8. The van der Waals surface area contributed by atoms with Crippen LogP contribution in [0, 0.1) is 0 Å². The average molecular weight is 388 g/mol. The number of hydrogen-bond donors (Lipinski definition) is 0. The third kappa shape index (κ3) is 4.53. The first-order chi connectivity index (χ1) is 11.6. The molecule has 0 spiro atoms. The van der Waals surface area contributed by atoms with E-state index in [-0.39, 0.29) is 27.4 Å². The second-order valence-electron chi connectivity index (χ2n) is 6.71. The van der Waals surface area contributed by atoms with E-state index < -0.39 is 10.0 Å². The number of halogens is 1. The third-order valence-corrected chi connectivity index (χ3v) is 6.94. The fourth-order valence-electron chi connectivity index (χ4n) is 2.69. The van der Waals surface area contributed by atoms with E-state index in [1.165, 1.54) is 29.6 Å². The lowest BCUT2D eigenvalue weighted by Crippen LogP contribution is -2.35. The Morgan fingerprint density at radius 3 is 2.52 bits per heavy atom. The molecule has 6 nitrogen and oxygen atoms in total. The fourth-order valence-corrected chi connectivity index (χ4v) is 4.29. The molecule has 0 aromatic heterocycles. The van der Waals surface area contributed by atoms with E-state index in [0.717, 1.165) is 19.5 Å². The van der Waals surface area contributed by atoms with Crippen LogP contribution in [0.15, 0.2) is 23.1 Å². The molecule has 25 heavy (non-hydrogen) atoms. The van der Waals surface area contributed by atoms with Gasteiger partial charge >= 0.3 is 0 Å². The molecule has 0 aliphatic carbocycles. The van der Waals surface area contributed by atoms with Crippen molar-refractivity contribution in [3.05, 3.63) is 28.8 Å². The zero-order valence-corrected chi connectivity index (χ0v) is 16.8. The van der Waals surface area contributed by atoms with Gasteiger partial charge in [-0.05, 0) is 52.1 Å². The quantitative estimate of drug-likeness (QED) is 0.794. The SMILES string of the molecule is CC(C)N(C)S(=O)(=O)c1ccc(Cl)c(C(=O)N2CCCN(C)CC2)c1. The fraction of sp³-hybridized carbons (Fsp3) is 0.588. The van der Waals surface area contributed by atoms with Gasteiger partial charge in [0, 0.05) is 32.7 Å². The number of sulfonamides is 1. The van der Waals surface area contributed by atoms with Crippen LogP contribution >= 0.6 is 11.6 Å². The molecule has 0 N–H and O–H groups in total. The molecule has 1 aromatic carbocycles. The summed E-state index contributed by atoms with van der Waals surface area (Å²) in [6.45, 7) is 6.57. The molecule has 1 aliphatic heterocycles. The Bertz CT molecular complexity index is 737. The number of hydrogen-bond acceptors (Lipinski definition) is 4. The molecule has 0 saturated carbocycles. The predicted molar refractivity (Wildman–Crippen MR) is 99.6 cm³/mol. The molecule has 1 aromatic rings. The summed E-state index contributed by atoms with van der Waals surface area (Å²) in [5.41, 5.74) is 0.240. The Morgan fingerprint density at radius 1 is 1.20 bits per heavy atom. The summed E-state index contributed by atoms with van der Waals surface area (Å²) in [7, 11) is -0.110. The van der Waals surface area contributed by atoms with Crippen LogP contribution < -0.4 is 0 Å². The van der Waals surface area contributed by atoms with Crippen molar-refractivity contribution in [3.8, 4) is 0 Å². The highest BCUT2D eigenvalue weighted by molar-refractivity contribution is 7.89. The van der Waals surface area contributed by atoms with Crippen molar-refractivity contribution >= 4 is 27.5 Å². The van der Waals surface area contributed by atoms with Crippen LogP contribution in [0.5, 0.6) is 0 Å². The molecule has 0 bridgehead atoms. The maximum atomic E-state index is 12.9. The monoisotopic (exact) mass is 387 g/mol. The first-order valence-electron chi connectivity index (χ1n) is 8.40. The highest BCUT2D eigenvalue weighted by Gasteiger charge is 2.27. The van der Waals surface area contributed by atoms with Gasteiger partial charge in [0.2, 0.25) is 10.0 Å². The Morgan fingerprint density at radius 2 is 1.88 bits per heavy atom. The first kappa shape index (κ1) is 20.2. The summed E-state index contributed by atoms with van der Waals surface area (Å²) in [5.74, 6) is -0.218. The van der Waals surface area contributed by atoms with Crippen LogP contribution in [0.3, 0.4) is 0 Å². The van der Waals surface area contributed by atoms with E-state index in [1.54, 1.807) is 18.7 Å². The topological polar surface area (TPSA) is 60.9 Å². The molecule has 1 amide bonds. The van der Waals surface area contributed by atoms with Gasteiger partial charge in [0.15, 0.2) is 0 Å². The molecule has 1 heterocycles. The van der Waals surface area contributed by atoms with E-state index in [9.17, 15) is 13.2 Å². The van der Waals surface area contributed by atoms with Gasteiger partial charge in [0.25, 0.3) is 5.91 Å². The highest BCUT2D eigenvalue weighted by atomic mass is 35.5. The van der Waals surface area contributed by atoms with Crippen LogP contribution in [0.2, 0.25) is 5.02 Å². The standard InChI is InChI=1S/C17H26ClN3O3S/c1-13(2)20(4)25(23,24)14-6-7-16(18)15(12-14)17(22)21-9-5-8-19(3)10-11-21/h6-7,12-13H,5,8-11H2,1-4H3. The van der Waals surface area contributed by atoms with Gasteiger partial charge in [0.05, 0.1) is 15.5 Å². The summed E-state index contributed by atoms with van der Waals surface area (Å²) < 4.78 is 26.7. The lowest BCUT2D eigenvalue weighted by molar-refractivity contribution is 0.0762. The van der Waals surface area contributed by atoms with Crippen molar-refractivity contribution in [1.29, 1.82) is 0 Å². The van der Waals surface area contributed by atoms with Gasteiger partial charge in [0.1, 0.15) is 0 Å². The Labute approximate surface area is 155 Å². The zero-order valence-electron chi connectivity index (χ0n) is 15.2. The van der Waals surface area contributed by atoms with E-state index in [0.29, 0.717) is 13.1 Å².